The molecule has 0 heterocycles. The quantitative estimate of drug-likeness (QED) is 0.806. The fraction of sp³-hybridized carbons (Fsp3) is 0.381. The van der Waals surface area contributed by atoms with Gasteiger partial charge in [0.2, 0.25) is 5.91 Å². The zero-order valence-electron chi connectivity index (χ0n) is 15.5. The lowest BCUT2D eigenvalue weighted by molar-refractivity contribution is -0.126. The minimum atomic E-state index is -1.07. The lowest BCUT2D eigenvalue weighted by Crippen LogP contribution is -2.49. The zero-order chi connectivity index (χ0) is 18.4. The van der Waals surface area contributed by atoms with Crippen LogP contribution in [0.15, 0.2) is 54.6 Å². The van der Waals surface area contributed by atoms with E-state index in [0.717, 1.165) is 16.9 Å². The number of carbonyl (C=O) groups is 1. The molecule has 0 aliphatic rings. The first-order valence-electron chi connectivity index (χ1n) is 8.69. The number of rotatable bonds is 7. The molecule has 2 rings (SSSR count). The molecule has 0 aliphatic carbocycles. The summed E-state index contributed by atoms with van der Waals surface area (Å²) >= 11 is 0. The summed E-state index contributed by atoms with van der Waals surface area (Å²) in [6.45, 7) is 8.59. The maximum atomic E-state index is 12.6. The van der Waals surface area contributed by atoms with E-state index in [2.05, 4.69) is 19.2 Å². The fourth-order valence-electron chi connectivity index (χ4n) is 2.46. The van der Waals surface area contributed by atoms with Gasteiger partial charge in [-0.3, -0.25) is 4.79 Å². The Morgan fingerprint density at radius 2 is 1.68 bits per heavy atom. The standard InChI is InChI=1S/C21H28N2O2/c1-15(2)14-25-19-12-10-17(11-13-19)16(3)23-20(24)21(4,22)18-8-6-5-7-9-18/h5-13,15-16H,14,22H2,1-4H3,(H,23,24). The van der Waals surface area contributed by atoms with E-state index in [0.29, 0.717) is 12.5 Å². The second-order valence-electron chi connectivity index (χ2n) is 7.04. The summed E-state index contributed by atoms with van der Waals surface area (Å²) in [7, 11) is 0. The molecule has 2 atom stereocenters. The number of ether oxygens (including phenoxy) is 1. The van der Waals surface area contributed by atoms with Crippen LogP contribution in [0, 0.1) is 5.92 Å². The monoisotopic (exact) mass is 340 g/mol. The molecule has 2 unspecified atom stereocenters. The fourth-order valence-corrected chi connectivity index (χ4v) is 2.46. The highest BCUT2D eigenvalue weighted by atomic mass is 16.5. The van der Waals surface area contributed by atoms with Crippen molar-refractivity contribution in [2.24, 2.45) is 11.7 Å². The van der Waals surface area contributed by atoms with E-state index in [1.165, 1.54) is 0 Å². The number of benzene rings is 2. The molecule has 2 aromatic carbocycles. The molecule has 0 aliphatic heterocycles. The number of nitrogens with two attached hydrogens (primary N) is 1. The van der Waals surface area contributed by atoms with Crippen LogP contribution in [0.1, 0.15) is 44.9 Å². The van der Waals surface area contributed by atoms with Gasteiger partial charge in [0.25, 0.3) is 0 Å². The van der Waals surface area contributed by atoms with Crippen LogP contribution in [0.3, 0.4) is 0 Å². The van der Waals surface area contributed by atoms with Gasteiger partial charge in [-0.05, 0) is 43.0 Å². The van der Waals surface area contributed by atoms with Crippen molar-refractivity contribution in [2.45, 2.75) is 39.3 Å². The van der Waals surface area contributed by atoms with Crippen molar-refractivity contribution >= 4 is 5.91 Å². The van der Waals surface area contributed by atoms with Gasteiger partial charge < -0.3 is 15.8 Å². The SMILES string of the molecule is CC(C)COc1ccc(C(C)NC(=O)C(C)(N)c2ccccc2)cc1. The van der Waals surface area contributed by atoms with E-state index in [9.17, 15) is 4.79 Å². The normalized spacial score (nSPS) is 14.6. The van der Waals surface area contributed by atoms with E-state index < -0.39 is 5.54 Å². The van der Waals surface area contributed by atoms with Crippen LogP contribution in [-0.2, 0) is 10.3 Å². The average molecular weight is 340 g/mol. The van der Waals surface area contributed by atoms with Crippen molar-refractivity contribution in [1.29, 1.82) is 0 Å². The van der Waals surface area contributed by atoms with Crippen molar-refractivity contribution in [1.82, 2.24) is 5.32 Å². The van der Waals surface area contributed by atoms with Crippen molar-refractivity contribution in [3.63, 3.8) is 0 Å². The first-order valence-corrected chi connectivity index (χ1v) is 8.69. The Kier molecular flexibility index (Phi) is 6.21. The third-order valence-corrected chi connectivity index (χ3v) is 4.16. The molecule has 0 fully saturated rings. The van der Waals surface area contributed by atoms with Crippen molar-refractivity contribution in [2.75, 3.05) is 6.61 Å². The van der Waals surface area contributed by atoms with Crippen molar-refractivity contribution in [3.05, 3.63) is 65.7 Å². The van der Waals surface area contributed by atoms with Gasteiger partial charge in [0.15, 0.2) is 0 Å². The topological polar surface area (TPSA) is 64.3 Å². The average Bonchev–Trinajstić information content (AvgIpc) is 2.61. The highest BCUT2D eigenvalue weighted by Crippen LogP contribution is 2.22. The molecule has 25 heavy (non-hydrogen) atoms. The maximum Gasteiger partial charge on any atom is 0.244 e. The molecule has 0 spiro atoms. The number of hydrogen-bond acceptors (Lipinski definition) is 3. The van der Waals surface area contributed by atoms with E-state index in [-0.39, 0.29) is 11.9 Å². The minimum Gasteiger partial charge on any atom is -0.493 e. The lowest BCUT2D eigenvalue weighted by Gasteiger charge is -2.26. The summed E-state index contributed by atoms with van der Waals surface area (Å²) in [5, 5.41) is 3.00. The molecule has 0 bridgehead atoms. The van der Waals surface area contributed by atoms with Crippen molar-refractivity contribution in [3.8, 4) is 5.75 Å². The molecule has 2 aromatic rings. The van der Waals surface area contributed by atoms with Gasteiger partial charge in [0, 0.05) is 0 Å². The third kappa shape index (κ3) is 5.07. The molecular formula is C21H28N2O2. The van der Waals surface area contributed by atoms with Gasteiger partial charge in [-0.1, -0.05) is 56.3 Å². The smallest absolute Gasteiger partial charge is 0.244 e. The third-order valence-electron chi connectivity index (χ3n) is 4.16. The largest absolute Gasteiger partial charge is 0.493 e. The summed E-state index contributed by atoms with van der Waals surface area (Å²) < 4.78 is 5.69. The lowest BCUT2D eigenvalue weighted by atomic mass is 9.91. The number of nitrogens with one attached hydrogen (secondary N) is 1. The first-order chi connectivity index (χ1) is 11.8. The number of carbonyl (C=O) groups excluding carboxylic acids is 1. The molecular weight excluding hydrogens is 312 g/mol. The predicted octanol–water partition coefficient (Wildman–Crippen LogP) is 3.77. The van der Waals surface area contributed by atoms with Crippen LogP contribution in [0.4, 0.5) is 0 Å². The maximum absolute atomic E-state index is 12.6. The summed E-state index contributed by atoms with van der Waals surface area (Å²) in [4.78, 5) is 12.6. The zero-order valence-corrected chi connectivity index (χ0v) is 15.5. The number of amides is 1. The first kappa shape index (κ1) is 19.0. The molecule has 4 heteroatoms. The predicted molar refractivity (Wildman–Crippen MR) is 101 cm³/mol. The van der Waals surface area contributed by atoms with Crippen molar-refractivity contribution < 1.29 is 9.53 Å². The van der Waals surface area contributed by atoms with Gasteiger partial charge >= 0.3 is 0 Å². The summed E-state index contributed by atoms with van der Waals surface area (Å²) in [5.41, 5.74) is 6.99. The Morgan fingerprint density at radius 1 is 1.08 bits per heavy atom. The molecule has 0 radical (unpaired) electrons. The Labute approximate surface area is 150 Å². The van der Waals surface area contributed by atoms with Gasteiger partial charge in [-0.15, -0.1) is 0 Å². The van der Waals surface area contributed by atoms with E-state index >= 15 is 0 Å². The van der Waals surface area contributed by atoms with Crippen LogP contribution in [-0.4, -0.2) is 12.5 Å². The van der Waals surface area contributed by atoms with Gasteiger partial charge in [-0.2, -0.15) is 0 Å². The second kappa shape index (κ2) is 8.17. The van der Waals surface area contributed by atoms with Gasteiger partial charge in [-0.25, -0.2) is 0 Å². The summed E-state index contributed by atoms with van der Waals surface area (Å²) in [5.74, 6) is 1.12. The molecule has 4 nitrogen and oxygen atoms in total. The molecule has 134 valence electrons. The van der Waals surface area contributed by atoms with Crippen LogP contribution >= 0.6 is 0 Å². The van der Waals surface area contributed by atoms with Crippen LogP contribution in [0.2, 0.25) is 0 Å². The molecule has 0 aromatic heterocycles. The van der Waals surface area contributed by atoms with E-state index in [1.807, 2.05) is 61.5 Å². The Morgan fingerprint density at radius 3 is 2.24 bits per heavy atom. The molecule has 1 amide bonds. The Balaban J connectivity index is 2.01. The summed E-state index contributed by atoms with van der Waals surface area (Å²) in [6.07, 6.45) is 0. The van der Waals surface area contributed by atoms with Gasteiger partial charge in [0.1, 0.15) is 11.3 Å². The second-order valence-corrected chi connectivity index (χ2v) is 7.04. The van der Waals surface area contributed by atoms with E-state index in [4.69, 9.17) is 10.5 Å². The highest BCUT2D eigenvalue weighted by Gasteiger charge is 2.31. The van der Waals surface area contributed by atoms with E-state index in [1.54, 1.807) is 6.92 Å². The van der Waals surface area contributed by atoms with Crippen LogP contribution in [0.5, 0.6) is 5.75 Å². The van der Waals surface area contributed by atoms with Gasteiger partial charge in [0.05, 0.1) is 12.6 Å². The molecule has 0 saturated carbocycles. The number of hydrogen-bond donors (Lipinski definition) is 2. The minimum absolute atomic E-state index is 0.141. The highest BCUT2D eigenvalue weighted by molar-refractivity contribution is 5.87. The summed E-state index contributed by atoms with van der Waals surface area (Å²) in [6, 6.07) is 17.1. The Bertz CT molecular complexity index is 679. The van der Waals surface area contributed by atoms with Crippen LogP contribution in [0.25, 0.3) is 0 Å². The Hall–Kier alpha value is -2.33. The van der Waals surface area contributed by atoms with Crippen LogP contribution < -0.4 is 15.8 Å². The molecule has 3 N–H and O–H groups in total. The molecule has 0 saturated heterocycles.